The van der Waals surface area contributed by atoms with Gasteiger partial charge in [-0.25, -0.2) is 15.6 Å². The van der Waals surface area contributed by atoms with Crippen molar-refractivity contribution in [3.8, 4) is 0 Å². The third-order valence-electron chi connectivity index (χ3n) is 5.38. The van der Waals surface area contributed by atoms with Crippen LogP contribution in [0.3, 0.4) is 0 Å². The highest BCUT2D eigenvalue weighted by Gasteiger charge is 2.39. The van der Waals surface area contributed by atoms with Crippen LogP contribution in [0.15, 0.2) is 42.5 Å². The molecule has 0 bridgehead atoms. The van der Waals surface area contributed by atoms with Crippen molar-refractivity contribution < 1.29 is 27.5 Å². The van der Waals surface area contributed by atoms with E-state index in [9.17, 15) is 22.8 Å². The molecule has 1 fully saturated rings. The first-order valence-electron chi connectivity index (χ1n) is 11.0. The molecule has 2 aromatic rings. The van der Waals surface area contributed by atoms with Crippen LogP contribution in [0, 0.1) is 5.92 Å². The molecule has 2 amide bonds. The van der Waals surface area contributed by atoms with Gasteiger partial charge in [0, 0.05) is 31.9 Å². The normalized spacial score (nSPS) is 15.8. The molecule has 0 aliphatic carbocycles. The number of rotatable bonds is 8. The van der Waals surface area contributed by atoms with E-state index in [1.54, 1.807) is 19.1 Å². The minimum atomic E-state index is -4.30. The zero-order valence-electron chi connectivity index (χ0n) is 19.9. The fourth-order valence-electron chi connectivity index (χ4n) is 3.51. The van der Waals surface area contributed by atoms with E-state index in [1.165, 1.54) is 31.6 Å². The molecule has 0 radical (unpaired) electrons. The van der Waals surface area contributed by atoms with Crippen LogP contribution in [-0.4, -0.2) is 64.7 Å². The first-order valence-corrected chi connectivity index (χ1v) is 11.3. The van der Waals surface area contributed by atoms with Gasteiger partial charge in [-0.15, -0.1) is 0 Å². The molecule has 0 unspecified atom stereocenters. The van der Waals surface area contributed by atoms with Gasteiger partial charge in [-0.1, -0.05) is 17.7 Å². The zero-order valence-corrected chi connectivity index (χ0v) is 20.7. The zero-order chi connectivity index (χ0) is 27.3. The average molecular weight is 543 g/mol. The van der Waals surface area contributed by atoms with E-state index in [-0.39, 0.29) is 35.5 Å². The lowest BCUT2D eigenvalue weighted by atomic mass is 9.99. The standard InChI is InChI=1S/C22H26ClF3N8O3/c1-12(15-4-3-7-29-18(15)23)37-21(36)32-19(33(2)28)17(27)16-6-5-14(8-30-16)31-20(35)13-9-34(10-13)11-22(24,25)26/h3-8,12-13H,9-11,27-28H2,1-2H3,(H,31,35)(H,32,36)/b19-17-/t12-/m1/s1. The summed E-state index contributed by atoms with van der Waals surface area (Å²) < 4.78 is 42.6. The lowest BCUT2D eigenvalue weighted by Gasteiger charge is -2.38. The van der Waals surface area contributed by atoms with Crippen molar-refractivity contribution in [2.45, 2.75) is 19.2 Å². The van der Waals surface area contributed by atoms with Gasteiger partial charge in [0.15, 0.2) is 5.82 Å². The molecule has 200 valence electrons. The lowest BCUT2D eigenvalue weighted by molar-refractivity contribution is -0.162. The molecule has 0 spiro atoms. The second kappa shape index (κ2) is 11.6. The maximum absolute atomic E-state index is 12.5. The molecule has 2 aromatic heterocycles. The molecular formula is C22H26ClF3N8O3. The number of aromatic nitrogens is 2. The number of likely N-dealkylation sites (tertiary alicyclic amines) is 1. The van der Waals surface area contributed by atoms with E-state index in [4.69, 9.17) is 27.9 Å². The second-order valence-corrected chi connectivity index (χ2v) is 8.71. The van der Waals surface area contributed by atoms with E-state index in [0.717, 1.165) is 9.91 Å². The van der Waals surface area contributed by atoms with Gasteiger partial charge in [-0.2, -0.15) is 13.2 Å². The van der Waals surface area contributed by atoms with E-state index < -0.39 is 36.7 Å². The predicted molar refractivity (Wildman–Crippen MR) is 129 cm³/mol. The number of pyridine rings is 2. The quantitative estimate of drug-likeness (QED) is 0.224. The molecule has 15 heteroatoms. The first-order chi connectivity index (χ1) is 17.3. The highest BCUT2D eigenvalue weighted by molar-refractivity contribution is 6.30. The molecule has 1 aliphatic rings. The van der Waals surface area contributed by atoms with Gasteiger partial charge in [0.2, 0.25) is 5.91 Å². The number of nitrogens with one attached hydrogen (secondary N) is 2. The summed E-state index contributed by atoms with van der Waals surface area (Å²) in [4.78, 5) is 34.0. The molecule has 3 heterocycles. The number of alkyl halides is 3. The van der Waals surface area contributed by atoms with Crippen LogP contribution in [0.2, 0.25) is 5.15 Å². The van der Waals surface area contributed by atoms with Gasteiger partial charge in [-0.3, -0.25) is 25.0 Å². The summed E-state index contributed by atoms with van der Waals surface area (Å²) in [6.07, 6.45) is -3.05. The van der Waals surface area contributed by atoms with Crippen molar-refractivity contribution in [2.24, 2.45) is 17.5 Å². The Balaban J connectivity index is 1.61. The Morgan fingerprint density at radius 2 is 2.00 bits per heavy atom. The number of anilines is 1. The molecule has 37 heavy (non-hydrogen) atoms. The first kappa shape index (κ1) is 28.0. The molecular weight excluding hydrogens is 517 g/mol. The third kappa shape index (κ3) is 7.68. The van der Waals surface area contributed by atoms with Crippen LogP contribution in [0.25, 0.3) is 5.70 Å². The van der Waals surface area contributed by atoms with Gasteiger partial charge in [0.05, 0.1) is 30.0 Å². The summed E-state index contributed by atoms with van der Waals surface area (Å²) in [6.45, 7) is 0.611. The van der Waals surface area contributed by atoms with Gasteiger partial charge in [-0.05, 0) is 25.1 Å². The van der Waals surface area contributed by atoms with Gasteiger partial charge in [0.25, 0.3) is 0 Å². The van der Waals surface area contributed by atoms with Crippen molar-refractivity contribution in [3.05, 3.63) is 58.9 Å². The van der Waals surface area contributed by atoms with Crippen LogP contribution in [0.1, 0.15) is 24.3 Å². The molecule has 3 rings (SSSR count). The molecule has 6 N–H and O–H groups in total. The highest BCUT2D eigenvalue weighted by atomic mass is 35.5. The Kier molecular flexibility index (Phi) is 8.78. The number of hydrogen-bond acceptors (Lipinski definition) is 9. The topological polar surface area (TPSA) is 152 Å². The fourth-order valence-corrected chi connectivity index (χ4v) is 3.78. The Morgan fingerprint density at radius 3 is 2.57 bits per heavy atom. The summed E-state index contributed by atoms with van der Waals surface area (Å²) >= 11 is 6.03. The van der Waals surface area contributed by atoms with Gasteiger partial charge < -0.3 is 15.8 Å². The van der Waals surface area contributed by atoms with Gasteiger partial charge >= 0.3 is 12.3 Å². The monoisotopic (exact) mass is 542 g/mol. The van der Waals surface area contributed by atoms with Crippen molar-refractivity contribution in [3.63, 3.8) is 0 Å². The number of carbonyl (C=O) groups is 2. The maximum Gasteiger partial charge on any atom is 0.413 e. The SMILES string of the molecule is C[C@@H](OC(=O)N/C(=C(/N)c1ccc(NC(=O)C2CN(CC(F)(F)F)C2)cn1)N(C)N)c1cccnc1Cl. The van der Waals surface area contributed by atoms with Crippen LogP contribution in [0.5, 0.6) is 0 Å². The summed E-state index contributed by atoms with van der Waals surface area (Å²) in [7, 11) is 1.44. The Labute approximate surface area is 215 Å². The van der Waals surface area contributed by atoms with Crippen LogP contribution in [-0.2, 0) is 9.53 Å². The van der Waals surface area contributed by atoms with Crippen molar-refractivity contribution >= 4 is 35.0 Å². The Bertz CT molecular complexity index is 1150. The fraction of sp³-hybridized carbons (Fsp3) is 0.364. The molecule has 11 nitrogen and oxygen atoms in total. The molecule has 0 aromatic carbocycles. The number of ether oxygens (including phenoxy) is 1. The maximum atomic E-state index is 12.5. The summed E-state index contributed by atoms with van der Waals surface area (Å²) in [5.74, 6) is 4.86. The Morgan fingerprint density at radius 1 is 1.30 bits per heavy atom. The largest absolute Gasteiger partial charge is 0.441 e. The number of nitrogens with zero attached hydrogens (tertiary/aromatic N) is 4. The number of carbonyl (C=O) groups excluding carboxylic acids is 2. The Hall–Kier alpha value is -3.62. The van der Waals surface area contributed by atoms with Crippen molar-refractivity contribution in [2.75, 3.05) is 32.0 Å². The summed E-state index contributed by atoms with van der Waals surface area (Å²) in [5, 5.41) is 6.34. The number of nitrogens with two attached hydrogens (primary N) is 2. The summed E-state index contributed by atoms with van der Waals surface area (Å²) in [5.41, 5.74) is 7.23. The van der Waals surface area contributed by atoms with E-state index in [0.29, 0.717) is 11.3 Å². The molecule has 0 saturated carbocycles. The van der Waals surface area contributed by atoms with Crippen LogP contribution < -0.4 is 22.2 Å². The predicted octanol–water partition coefficient (Wildman–Crippen LogP) is 2.44. The van der Waals surface area contributed by atoms with Crippen molar-refractivity contribution in [1.29, 1.82) is 0 Å². The number of hydrazine groups is 1. The van der Waals surface area contributed by atoms with Gasteiger partial charge in [0.1, 0.15) is 17.0 Å². The van der Waals surface area contributed by atoms with E-state index >= 15 is 0 Å². The lowest BCUT2D eigenvalue weighted by Crippen LogP contribution is -2.54. The van der Waals surface area contributed by atoms with E-state index in [1.807, 2.05) is 0 Å². The highest BCUT2D eigenvalue weighted by Crippen LogP contribution is 2.25. The minimum Gasteiger partial charge on any atom is -0.441 e. The van der Waals surface area contributed by atoms with E-state index in [2.05, 4.69) is 20.6 Å². The molecule has 1 saturated heterocycles. The smallest absolute Gasteiger partial charge is 0.413 e. The number of halogens is 4. The van der Waals surface area contributed by atoms with Crippen LogP contribution >= 0.6 is 11.6 Å². The number of alkyl carbamates (subject to hydrolysis) is 1. The van der Waals surface area contributed by atoms with Crippen molar-refractivity contribution in [1.82, 2.24) is 25.2 Å². The minimum absolute atomic E-state index is 0.00186. The third-order valence-corrected chi connectivity index (χ3v) is 5.69. The van der Waals surface area contributed by atoms with Crippen LogP contribution in [0.4, 0.5) is 23.7 Å². The number of amides is 2. The molecule has 1 atom stereocenters. The number of hydrogen-bond donors (Lipinski definition) is 4. The molecule has 1 aliphatic heterocycles. The second-order valence-electron chi connectivity index (χ2n) is 8.36. The summed E-state index contributed by atoms with van der Waals surface area (Å²) in [6, 6.07) is 6.32. The average Bonchev–Trinajstić information content (AvgIpc) is 2.79.